The van der Waals surface area contributed by atoms with E-state index in [4.69, 9.17) is 4.74 Å². The normalized spacial score (nSPS) is 13.7. The van der Waals surface area contributed by atoms with Crippen LogP contribution in [0.4, 0.5) is 10.3 Å². The largest absolute Gasteiger partial charge is 0.497 e. The number of amides is 1. The average Bonchev–Trinajstić information content (AvgIpc) is 3.74. The molecule has 1 saturated heterocycles. The zero-order valence-electron chi connectivity index (χ0n) is 20.0. The number of carbonyl (C=O) groups is 2. The number of carbonyl (C=O) groups excluding carboxylic acids is 2. The summed E-state index contributed by atoms with van der Waals surface area (Å²) in [6, 6.07) is 7.28. The van der Waals surface area contributed by atoms with E-state index in [-0.39, 0.29) is 35.4 Å². The van der Waals surface area contributed by atoms with Crippen molar-refractivity contribution < 1.29 is 18.7 Å². The van der Waals surface area contributed by atoms with E-state index < -0.39 is 17.5 Å². The van der Waals surface area contributed by atoms with Crippen molar-refractivity contribution in [2.24, 2.45) is 0 Å². The van der Waals surface area contributed by atoms with Gasteiger partial charge in [-0.1, -0.05) is 10.3 Å². The number of H-pyrrole nitrogens is 1. The standard InChI is InChI=1S/C23H20FN11O3/c1-38-15-4-2-14(3-5-15)35-23(28-29-31-35)33-10-8-32(9-11-33)22(37)20(36)16-12-25-19-18(16)17(24)13-26-21(19)34-7-6-27-30-34/h2-7,12-13,25H,8-11H2,1H3. The lowest BCUT2D eigenvalue weighted by molar-refractivity contribution is -0.126. The molecule has 0 radical (unpaired) electrons. The molecule has 5 heterocycles. The molecule has 0 bridgehead atoms. The monoisotopic (exact) mass is 517 g/mol. The number of aromatic amines is 1. The van der Waals surface area contributed by atoms with Gasteiger partial charge in [0.15, 0.2) is 11.6 Å². The molecule has 14 nitrogen and oxygen atoms in total. The molecule has 0 atom stereocenters. The van der Waals surface area contributed by atoms with E-state index in [1.165, 1.54) is 28.2 Å². The highest BCUT2D eigenvalue weighted by Gasteiger charge is 2.31. The number of ketones is 1. The summed E-state index contributed by atoms with van der Waals surface area (Å²) in [6.07, 6.45) is 5.29. The van der Waals surface area contributed by atoms with Gasteiger partial charge < -0.3 is 19.5 Å². The molecule has 15 heteroatoms. The van der Waals surface area contributed by atoms with Crippen molar-refractivity contribution in [1.29, 1.82) is 0 Å². The van der Waals surface area contributed by atoms with Gasteiger partial charge in [-0.05, 0) is 34.7 Å². The number of benzene rings is 1. The summed E-state index contributed by atoms with van der Waals surface area (Å²) in [6.45, 7) is 1.32. The molecule has 1 amide bonds. The second kappa shape index (κ2) is 9.34. The number of rotatable bonds is 6. The molecule has 6 rings (SSSR count). The zero-order chi connectivity index (χ0) is 26.2. The fraction of sp³-hybridized carbons (Fsp3) is 0.217. The minimum atomic E-state index is -0.817. The number of halogens is 1. The summed E-state index contributed by atoms with van der Waals surface area (Å²) >= 11 is 0. The Bertz CT molecular complexity index is 1620. The first kappa shape index (κ1) is 23.2. The number of nitrogens with one attached hydrogen (secondary N) is 1. The topological polar surface area (TPSA) is 153 Å². The Morgan fingerprint density at radius 3 is 2.58 bits per heavy atom. The van der Waals surface area contributed by atoms with Gasteiger partial charge in [0.25, 0.3) is 11.7 Å². The predicted molar refractivity (Wildman–Crippen MR) is 130 cm³/mol. The molecular formula is C23H20FN11O3. The summed E-state index contributed by atoms with van der Waals surface area (Å²) < 4.78 is 22.9. The van der Waals surface area contributed by atoms with Crippen LogP contribution in [0.25, 0.3) is 22.4 Å². The van der Waals surface area contributed by atoms with Crippen LogP contribution in [0, 0.1) is 5.82 Å². The lowest BCUT2D eigenvalue weighted by Gasteiger charge is -2.34. The maximum Gasteiger partial charge on any atom is 0.295 e. The van der Waals surface area contributed by atoms with Crippen LogP contribution in [0.3, 0.4) is 0 Å². The summed E-state index contributed by atoms with van der Waals surface area (Å²) in [5.74, 6) is -0.784. The molecular weight excluding hydrogens is 497 g/mol. The lowest BCUT2D eigenvalue weighted by atomic mass is 10.1. The van der Waals surface area contributed by atoms with E-state index in [1.54, 1.807) is 11.8 Å². The fourth-order valence-corrected chi connectivity index (χ4v) is 4.41. The highest BCUT2D eigenvalue weighted by Crippen LogP contribution is 2.26. The molecule has 0 saturated carbocycles. The third kappa shape index (κ3) is 3.89. The number of pyridine rings is 1. The first-order valence-electron chi connectivity index (χ1n) is 11.6. The Balaban J connectivity index is 1.19. The molecule has 0 spiro atoms. The Kier molecular flexibility index (Phi) is 5.71. The van der Waals surface area contributed by atoms with Crippen molar-refractivity contribution in [3.8, 4) is 17.3 Å². The first-order chi connectivity index (χ1) is 18.5. The van der Waals surface area contributed by atoms with Crippen molar-refractivity contribution in [3.05, 3.63) is 60.4 Å². The van der Waals surface area contributed by atoms with Gasteiger partial charge in [0, 0.05) is 32.4 Å². The van der Waals surface area contributed by atoms with Gasteiger partial charge in [0.05, 0.1) is 47.9 Å². The molecule has 0 aliphatic carbocycles. The van der Waals surface area contributed by atoms with Crippen LogP contribution >= 0.6 is 0 Å². The van der Waals surface area contributed by atoms with E-state index in [9.17, 15) is 14.0 Å². The number of aromatic nitrogens is 9. The van der Waals surface area contributed by atoms with Gasteiger partial charge in [0.2, 0.25) is 5.95 Å². The number of piperazine rings is 1. The third-order valence-corrected chi connectivity index (χ3v) is 6.34. The van der Waals surface area contributed by atoms with Crippen LogP contribution < -0.4 is 9.64 Å². The van der Waals surface area contributed by atoms with Gasteiger partial charge in [-0.3, -0.25) is 9.59 Å². The maximum atomic E-state index is 14.8. The van der Waals surface area contributed by atoms with Crippen LogP contribution in [0.5, 0.6) is 5.75 Å². The maximum absolute atomic E-state index is 14.8. The lowest BCUT2D eigenvalue weighted by Crippen LogP contribution is -2.51. The molecule has 1 aliphatic heterocycles. The second-order valence-electron chi connectivity index (χ2n) is 8.43. The number of anilines is 1. The molecule has 1 N–H and O–H groups in total. The predicted octanol–water partition coefficient (Wildman–Crippen LogP) is 0.798. The number of tetrazole rings is 1. The second-order valence-corrected chi connectivity index (χ2v) is 8.43. The van der Waals surface area contributed by atoms with Crippen LogP contribution in [0.2, 0.25) is 0 Å². The van der Waals surface area contributed by atoms with Crippen molar-refractivity contribution in [2.45, 2.75) is 0 Å². The number of fused-ring (bicyclic) bond motifs is 1. The molecule has 4 aromatic heterocycles. The van der Waals surface area contributed by atoms with Gasteiger partial charge >= 0.3 is 0 Å². The highest BCUT2D eigenvalue weighted by molar-refractivity contribution is 6.45. The summed E-state index contributed by atoms with van der Waals surface area (Å²) in [5.41, 5.74) is 0.916. The Labute approximate surface area is 213 Å². The molecule has 0 unspecified atom stereocenters. The SMILES string of the molecule is COc1ccc(-n2nnnc2N2CCN(C(=O)C(=O)c3c[nH]c4c(-n5ccnn5)ncc(F)c34)CC2)cc1. The fourth-order valence-electron chi connectivity index (χ4n) is 4.41. The Hall–Kier alpha value is -5.21. The quantitative estimate of drug-likeness (QED) is 0.253. The first-order valence-corrected chi connectivity index (χ1v) is 11.6. The van der Waals surface area contributed by atoms with Crippen LogP contribution in [-0.4, -0.2) is 95.0 Å². The minimum Gasteiger partial charge on any atom is -0.497 e. The Morgan fingerprint density at radius 1 is 1.08 bits per heavy atom. The number of hydrogen-bond acceptors (Lipinski definition) is 10. The number of hydrogen-bond donors (Lipinski definition) is 1. The summed E-state index contributed by atoms with van der Waals surface area (Å²) in [7, 11) is 1.59. The third-order valence-electron chi connectivity index (χ3n) is 6.34. The molecule has 5 aromatic rings. The number of ether oxygens (including phenoxy) is 1. The summed E-state index contributed by atoms with van der Waals surface area (Å²) in [4.78, 5) is 36.6. The van der Waals surface area contributed by atoms with E-state index in [1.807, 2.05) is 29.2 Å². The van der Waals surface area contributed by atoms with Gasteiger partial charge in [-0.2, -0.15) is 4.68 Å². The van der Waals surface area contributed by atoms with Crippen molar-refractivity contribution in [2.75, 3.05) is 38.2 Å². The van der Waals surface area contributed by atoms with Crippen LogP contribution in [0.1, 0.15) is 10.4 Å². The van der Waals surface area contributed by atoms with Gasteiger partial charge in [0.1, 0.15) is 5.75 Å². The van der Waals surface area contributed by atoms with Gasteiger partial charge in [-0.25, -0.2) is 14.1 Å². The average molecular weight is 517 g/mol. The molecule has 192 valence electrons. The van der Waals surface area contributed by atoms with Crippen LogP contribution in [0.15, 0.2) is 49.1 Å². The molecule has 1 fully saturated rings. The number of methoxy groups -OCH3 is 1. The highest BCUT2D eigenvalue weighted by atomic mass is 19.1. The zero-order valence-corrected chi connectivity index (χ0v) is 20.0. The van der Waals surface area contributed by atoms with E-state index in [0.717, 1.165) is 11.9 Å². The van der Waals surface area contributed by atoms with E-state index in [0.29, 0.717) is 24.8 Å². The van der Waals surface area contributed by atoms with Crippen molar-refractivity contribution >= 4 is 28.5 Å². The van der Waals surface area contributed by atoms with Crippen LogP contribution in [-0.2, 0) is 4.79 Å². The molecule has 38 heavy (non-hydrogen) atoms. The smallest absolute Gasteiger partial charge is 0.295 e. The minimum absolute atomic E-state index is 0.0267. The van der Waals surface area contributed by atoms with Crippen molar-refractivity contribution in [3.63, 3.8) is 0 Å². The number of nitrogens with zero attached hydrogens (tertiary/aromatic N) is 10. The Morgan fingerprint density at radius 2 is 1.87 bits per heavy atom. The van der Waals surface area contributed by atoms with Crippen molar-refractivity contribution in [1.82, 2.24) is 50.1 Å². The number of Topliss-reactive ketones (excluding diaryl/α,β-unsaturated/α-hetero) is 1. The molecule has 1 aliphatic rings. The van der Waals surface area contributed by atoms with Gasteiger partial charge in [-0.15, -0.1) is 5.10 Å². The van der Waals surface area contributed by atoms with E-state index >= 15 is 0 Å². The molecule has 1 aromatic carbocycles. The van der Waals surface area contributed by atoms with E-state index in [2.05, 4.69) is 35.8 Å². The summed E-state index contributed by atoms with van der Waals surface area (Å²) in [5, 5.41) is 19.6.